The molecule has 5 heteroatoms. The number of carbonyl (C=O) groups is 1. The summed E-state index contributed by atoms with van der Waals surface area (Å²) in [7, 11) is 0. The second-order valence-corrected chi connectivity index (χ2v) is 6.93. The molecule has 0 aromatic rings. The van der Waals surface area contributed by atoms with Gasteiger partial charge in [0.25, 0.3) is 0 Å². The third kappa shape index (κ3) is 3.41. The SMILES string of the molecule is CCN(CC1CCCO1)C1CCC(NC2CC2)(C(=O)O)C1. The van der Waals surface area contributed by atoms with Crippen molar-refractivity contribution in [1.29, 1.82) is 0 Å². The monoisotopic (exact) mass is 296 g/mol. The standard InChI is InChI=1S/C16H28N2O3/c1-2-18(11-14-4-3-9-21-14)13-7-8-16(10-13,15(19)20)17-12-5-6-12/h12-14,17H,2-11H2,1H3,(H,19,20). The highest BCUT2D eigenvalue weighted by Crippen LogP contribution is 2.37. The van der Waals surface area contributed by atoms with Gasteiger partial charge in [0, 0.05) is 25.2 Å². The summed E-state index contributed by atoms with van der Waals surface area (Å²) in [6, 6.07) is 0.814. The predicted octanol–water partition coefficient (Wildman–Crippen LogP) is 1.62. The zero-order chi connectivity index (χ0) is 14.9. The van der Waals surface area contributed by atoms with E-state index in [9.17, 15) is 9.90 Å². The molecule has 1 heterocycles. The van der Waals surface area contributed by atoms with Gasteiger partial charge in [0.15, 0.2) is 0 Å². The van der Waals surface area contributed by atoms with Gasteiger partial charge in [-0.2, -0.15) is 0 Å². The Hall–Kier alpha value is -0.650. The zero-order valence-electron chi connectivity index (χ0n) is 13.0. The number of carboxylic acids is 1. The Morgan fingerprint density at radius 3 is 2.76 bits per heavy atom. The van der Waals surface area contributed by atoms with E-state index in [1.165, 1.54) is 0 Å². The minimum absolute atomic E-state index is 0.348. The fourth-order valence-corrected chi connectivity index (χ4v) is 3.92. The Balaban J connectivity index is 1.61. The number of nitrogens with zero attached hydrogens (tertiary/aromatic N) is 1. The van der Waals surface area contributed by atoms with Gasteiger partial charge in [-0.25, -0.2) is 0 Å². The number of likely N-dealkylation sites (N-methyl/N-ethyl adjacent to an activating group) is 1. The quantitative estimate of drug-likeness (QED) is 0.747. The Labute approximate surface area is 127 Å². The van der Waals surface area contributed by atoms with Crippen molar-refractivity contribution < 1.29 is 14.6 Å². The summed E-state index contributed by atoms with van der Waals surface area (Å²) in [5, 5.41) is 13.1. The van der Waals surface area contributed by atoms with Crippen molar-refractivity contribution in [3.63, 3.8) is 0 Å². The molecular weight excluding hydrogens is 268 g/mol. The van der Waals surface area contributed by atoms with Gasteiger partial charge in [-0.3, -0.25) is 15.0 Å². The molecular formula is C16H28N2O3. The van der Waals surface area contributed by atoms with E-state index in [2.05, 4.69) is 17.1 Å². The second-order valence-electron chi connectivity index (χ2n) is 6.93. The highest BCUT2D eigenvalue weighted by atomic mass is 16.5. The predicted molar refractivity (Wildman–Crippen MR) is 80.4 cm³/mol. The fourth-order valence-electron chi connectivity index (χ4n) is 3.92. The van der Waals surface area contributed by atoms with Crippen LogP contribution in [0.2, 0.25) is 0 Å². The van der Waals surface area contributed by atoms with E-state index in [0.29, 0.717) is 18.2 Å². The van der Waals surface area contributed by atoms with Crippen LogP contribution in [-0.2, 0) is 9.53 Å². The molecule has 0 radical (unpaired) electrons. The molecule has 0 amide bonds. The summed E-state index contributed by atoms with van der Waals surface area (Å²) in [4.78, 5) is 14.2. The summed E-state index contributed by atoms with van der Waals surface area (Å²) in [5.41, 5.74) is -0.685. The largest absolute Gasteiger partial charge is 0.480 e. The van der Waals surface area contributed by atoms with Crippen LogP contribution in [0.1, 0.15) is 51.9 Å². The Morgan fingerprint density at radius 2 is 2.19 bits per heavy atom. The normalized spacial score (nSPS) is 36.5. The first kappa shape index (κ1) is 15.3. The highest BCUT2D eigenvalue weighted by Gasteiger charge is 2.49. The van der Waals surface area contributed by atoms with Crippen molar-refractivity contribution in [2.75, 3.05) is 19.7 Å². The second kappa shape index (κ2) is 6.23. The number of ether oxygens (including phenoxy) is 1. The lowest BCUT2D eigenvalue weighted by Gasteiger charge is -2.32. The molecule has 0 bridgehead atoms. The van der Waals surface area contributed by atoms with Crippen LogP contribution in [0.4, 0.5) is 0 Å². The van der Waals surface area contributed by atoms with Crippen molar-refractivity contribution in [3.05, 3.63) is 0 Å². The molecule has 2 N–H and O–H groups in total. The van der Waals surface area contributed by atoms with E-state index >= 15 is 0 Å². The molecule has 3 aliphatic rings. The number of rotatable bonds is 7. The van der Waals surface area contributed by atoms with E-state index in [4.69, 9.17) is 4.74 Å². The lowest BCUT2D eigenvalue weighted by atomic mass is 9.97. The average Bonchev–Trinajstić information content (AvgIpc) is 2.96. The van der Waals surface area contributed by atoms with Crippen molar-refractivity contribution in [2.45, 2.75) is 75.6 Å². The van der Waals surface area contributed by atoms with Gasteiger partial charge < -0.3 is 9.84 Å². The first-order valence-electron chi connectivity index (χ1n) is 8.50. The fraction of sp³-hybridized carbons (Fsp3) is 0.938. The van der Waals surface area contributed by atoms with Gasteiger partial charge in [-0.15, -0.1) is 0 Å². The minimum atomic E-state index is -0.685. The summed E-state index contributed by atoms with van der Waals surface area (Å²) >= 11 is 0. The Morgan fingerprint density at radius 1 is 1.38 bits per heavy atom. The highest BCUT2D eigenvalue weighted by molar-refractivity contribution is 5.79. The van der Waals surface area contributed by atoms with Gasteiger partial charge in [0.05, 0.1) is 6.10 Å². The minimum Gasteiger partial charge on any atom is -0.480 e. The third-order valence-corrected chi connectivity index (χ3v) is 5.34. The number of nitrogens with one attached hydrogen (secondary N) is 1. The van der Waals surface area contributed by atoms with Crippen LogP contribution < -0.4 is 5.32 Å². The topological polar surface area (TPSA) is 61.8 Å². The molecule has 1 aliphatic heterocycles. The number of hydrogen-bond donors (Lipinski definition) is 2. The zero-order valence-corrected chi connectivity index (χ0v) is 13.0. The van der Waals surface area contributed by atoms with Crippen molar-refractivity contribution >= 4 is 5.97 Å². The maximum absolute atomic E-state index is 11.8. The first-order valence-corrected chi connectivity index (χ1v) is 8.50. The molecule has 0 aromatic heterocycles. The summed E-state index contributed by atoms with van der Waals surface area (Å²) in [5.74, 6) is -0.662. The van der Waals surface area contributed by atoms with Gasteiger partial charge in [0.1, 0.15) is 5.54 Å². The van der Waals surface area contributed by atoms with Crippen LogP contribution in [0.25, 0.3) is 0 Å². The molecule has 0 aromatic carbocycles. The molecule has 2 aliphatic carbocycles. The third-order valence-electron chi connectivity index (χ3n) is 5.34. The smallest absolute Gasteiger partial charge is 0.323 e. The molecule has 3 atom stereocenters. The molecule has 120 valence electrons. The van der Waals surface area contributed by atoms with E-state index in [1.807, 2.05) is 0 Å². The molecule has 0 spiro atoms. The first-order chi connectivity index (χ1) is 10.1. The van der Waals surface area contributed by atoms with Crippen molar-refractivity contribution in [2.24, 2.45) is 0 Å². The van der Waals surface area contributed by atoms with E-state index < -0.39 is 11.5 Å². The molecule has 3 fully saturated rings. The lowest BCUT2D eigenvalue weighted by Crippen LogP contribution is -2.52. The molecule has 2 saturated carbocycles. The van der Waals surface area contributed by atoms with Gasteiger partial charge >= 0.3 is 5.97 Å². The van der Waals surface area contributed by atoms with E-state index in [-0.39, 0.29) is 0 Å². The van der Waals surface area contributed by atoms with Crippen LogP contribution in [0.3, 0.4) is 0 Å². The van der Waals surface area contributed by atoms with Crippen LogP contribution in [0, 0.1) is 0 Å². The molecule has 3 rings (SSSR count). The summed E-state index contributed by atoms with van der Waals surface area (Å²) in [6.07, 6.45) is 7.39. The van der Waals surface area contributed by atoms with Crippen LogP contribution in [0.15, 0.2) is 0 Å². The number of hydrogen-bond acceptors (Lipinski definition) is 4. The van der Waals surface area contributed by atoms with Crippen molar-refractivity contribution in [3.8, 4) is 0 Å². The van der Waals surface area contributed by atoms with E-state index in [1.54, 1.807) is 0 Å². The maximum Gasteiger partial charge on any atom is 0.323 e. The van der Waals surface area contributed by atoms with Crippen LogP contribution >= 0.6 is 0 Å². The lowest BCUT2D eigenvalue weighted by molar-refractivity contribution is -0.145. The Bertz CT molecular complexity index is 380. The average molecular weight is 296 g/mol. The molecule has 5 nitrogen and oxygen atoms in total. The van der Waals surface area contributed by atoms with Gasteiger partial charge in [-0.05, 0) is 51.5 Å². The van der Waals surface area contributed by atoms with Crippen LogP contribution in [-0.4, -0.2) is 59.4 Å². The van der Waals surface area contributed by atoms with Gasteiger partial charge in [-0.1, -0.05) is 6.92 Å². The van der Waals surface area contributed by atoms with Crippen LogP contribution in [0.5, 0.6) is 0 Å². The number of aliphatic carboxylic acids is 1. The molecule has 21 heavy (non-hydrogen) atoms. The van der Waals surface area contributed by atoms with Gasteiger partial charge in [0.2, 0.25) is 0 Å². The number of carboxylic acid groups (broad SMARTS) is 1. The Kier molecular flexibility index (Phi) is 4.52. The summed E-state index contributed by atoms with van der Waals surface area (Å²) < 4.78 is 5.75. The molecule has 1 saturated heterocycles. The van der Waals surface area contributed by atoms with E-state index in [0.717, 1.165) is 64.6 Å². The molecule has 3 unspecified atom stereocenters. The van der Waals surface area contributed by atoms with Crippen molar-refractivity contribution in [1.82, 2.24) is 10.2 Å². The summed E-state index contributed by atoms with van der Waals surface area (Å²) in [6.45, 7) is 4.99. The maximum atomic E-state index is 11.8.